The van der Waals surface area contributed by atoms with Crippen molar-refractivity contribution in [2.45, 2.75) is 38.9 Å². The molecular weight excluding hydrogens is 233 g/mol. The Morgan fingerprint density at radius 1 is 1.22 bits per heavy atom. The second kappa shape index (κ2) is 4.07. The molecule has 2 rings (SSSR count). The minimum absolute atomic E-state index is 0.0118. The molecule has 5 nitrogen and oxygen atoms in total. The molecule has 0 spiro atoms. The van der Waals surface area contributed by atoms with Crippen molar-refractivity contribution in [3.8, 4) is 0 Å². The summed E-state index contributed by atoms with van der Waals surface area (Å²) in [4.78, 5) is 14.9. The highest BCUT2D eigenvalue weighted by Gasteiger charge is 2.52. The highest BCUT2D eigenvalue weighted by molar-refractivity contribution is 6.61. The Morgan fingerprint density at radius 3 is 2.28 bits per heavy atom. The van der Waals surface area contributed by atoms with Crippen LogP contribution in [0, 0.1) is 0 Å². The van der Waals surface area contributed by atoms with Gasteiger partial charge in [-0.15, -0.1) is 0 Å². The first-order valence-electron chi connectivity index (χ1n) is 5.79. The summed E-state index contributed by atoms with van der Waals surface area (Å²) in [6.07, 6.45) is 0. The Bertz CT molecular complexity index is 471. The summed E-state index contributed by atoms with van der Waals surface area (Å²) in [5.74, 6) is -1.06. The van der Waals surface area contributed by atoms with E-state index >= 15 is 0 Å². The summed E-state index contributed by atoms with van der Waals surface area (Å²) in [6, 6.07) is 4.78. The Kier molecular flexibility index (Phi) is 2.95. The molecule has 0 bridgehead atoms. The highest BCUT2D eigenvalue weighted by atomic mass is 16.7. The van der Waals surface area contributed by atoms with Crippen molar-refractivity contribution in [2.24, 2.45) is 0 Å². The molecule has 96 valence electrons. The number of aromatic carboxylic acids is 1. The first-order valence-corrected chi connectivity index (χ1v) is 5.79. The molecule has 0 amide bonds. The molecule has 6 heteroatoms. The quantitative estimate of drug-likeness (QED) is 0.794. The Hall–Kier alpha value is -1.40. The van der Waals surface area contributed by atoms with E-state index in [-0.39, 0.29) is 5.69 Å². The summed E-state index contributed by atoms with van der Waals surface area (Å²) in [5.41, 5.74) is -0.451. The minimum atomic E-state index is -1.06. The molecule has 1 saturated heterocycles. The largest absolute Gasteiger partial charge is 0.514 e. The lowest BCUT2D eigenvalue weighted by atomic mass is 9.84. The fourth-order valence-electron chi connectivity index (χ4n) is 1.67. The lowest BCUT2D eigenvalue weighted by Gasteiger charge is -2.32. The molecular formula is C12H16BNO4. The van der Waals surface area contributed by atoms with E-state index in [1.807, 2.05) is 27.7 Å². The Morgan fingerprint density at radius 2 is 1.78 bits per heavy atom. The summed E-state index contributed by atoms with van der Waals surface area (Å²) < 4.78 is 11.6. The Balaban J connectivity index is 2.30. The van der Waals surface area contributed by atoms with Gasteiger partial charge in [0.1, 0.15) is 5.69 Å². The van der Waals surface area contributed by atoms with Gasteiger partial charge < -0.3 is 14.4 Å². The normalized spacial score (nSPS) is 21.0. The first-order chi connectivity index (χ1) is 8.23. The van der Waals surface area contributed by atoms with Crippen LogP contribution in [-0.2, 0) is 9.31 Å². The molecule has 0 atom stereocenters. The topological polar surface area (TPSA) is 68.7 Å². The average Bonchev–Trinajstić information content (AvgIpc) is 2.48. The van der Waals surface area contributed by atoms with Crippen molar-refractivity contribution < 1.29 is 19.2 Å². The van der Waals surface area contributed by atoms with Gasteiger partial charge in [0.15, 0.2) is 0 Å². The van der Waals surface area contributed by atoms with Crippen molar-refractivity contribution in [1.82, 2.24) is 4.98 Å². The van der Waals surface area contributed by atoms with Gasteiger partial charge in [0.25, 0.3) is 0 Å². The summed E-state index contributed by atoms with van der Waals surface area (Å²) in [7, 11) is -0.630. The molecule has 2 heterocycles. The third kappa shape index (κ3) is 2.13. The number of hydrogen-bond acceptors (Lipinski definition) is 4. The van der Waals surface area contributed by atoms with Gasteiger partial charge in [0.2, 0.25) is 0 Å². The summed E-state index contributed by atoms with van der Waals surface area (Å²) in [6.45, 7) is 7.75. The van der Waals surface area contributed by atoms with Gasteiger partial charge in [-0.2, -0.15) is 0 Å². The number of pyridine rings is 1. The van der Waals surface area contributed by atoms with Crippen LogP contribution in [0.5, 0.6) is 0 Å². The van der Waals surface area contributed by atoms with Crippen molar-refractivity contribution in [3.63, 3.8) is 0 Å². The lowest BCUT2D eigenvalue weighted by Crippen LogP contribution is -2.41. The molecule has 1 N–H and O–H groups in total. The third-order valence-electron chi connectivity index (χ3n) is 3.48. The Labute approximate surface area is 106 Å². The van der Waals surface area contributed by atoms with E-state index in [1.165, 1.54) is 6.07 Å². The first kappa shape index (κ1) is 13.0. The number of nitrogens with zero attached hydrogens (tertiary/aromatic N) is 1. The number of carboxylic acid groups (broad SMARTS) is 1. The van der Waals surface area contributed by atoms with Gasteiger partial charge in [-0.1, -0.05) is 6.07 Å². The zero-order valence-electron chi connectivity index (χ0n) is 10.9. The van der Waals surface area contributed by atoms with Crippen LogP contribution < -0.4 is 5.59 Å². The number of carbonyl (C=O) groups is 1. The van der Waals surface area contributed by atoms with E-state index in [9.17, 15) is 4.79 Å². The van der Waals surface area contributed by atoms with E-state index in [0.717, 1.165) is 0 Å². The van der Waals surface area contributed by atoms with Crippen LogP contribution in [0.3, 0.4) is 0 Å². The maximum absolute atomic E-state index is 10.9. The zero-order chi connectivity index (χ0) is 13.6. The van der Waals surface area contributed by atoms with Crippen molar-refractivity contribution in [2.75, 3.05) is 0 Å². The van der Waals surface area contributed by atoms with Crippen molar-refractivity contribution in [3.05, 3.63) is 23.9 Å². The minimum Gasteiger partial charge on any atom is -0.477 e. The van der Waals surface area contributed by atoms with E-state index in [0.29, 0.717) is 5.59 Å². The van der Waals surface area contributed by atoms with Gasteiger partial charge in [0, 0.05) is 0 Å². The fourth-order valence-corrected chi connectivity index (χ4v) is 1.67. The second-order valence-corrected chi connectivity index (χ2v) is 5.34. The molecule has 0 radical (unpaired) electrons. The SMILES string of the molecule is CC1(C)OB(c2cccc(C(=O)O)n2)OC1(C)C. The van der Waals surface area contributed by atoms with Gasteiger partial charge in [-0.25, -0.2) is 9.78 Å². The molecule has 0 unspecified atom stereocenters. The van der Waals surface area contributed by atoms with Crippen LogP contribution in [0.2, 0.25) is 0 Å². The smallest absolute Gasteiger partial charge is 0.477 e. The number of hydrogen-bond donors (Lipinski definition) is 1. The average molecular weight is 249 g/mol. The van der Waals surface area contributed by atoms with Crippen LogP contribution in [0.15, 0.2) is 18.2 Å². The second-order valence-electron chi connectivity index (χ2n) is 5.34. The molecule has 1 aromatic rings. The van der Waals surface area contributed by atoms with E-state index in [2.05, 4.69) is 4.98 Å². The van der Waals surface area contributed by atoms with E-state index < -0.39 is 24.3 Å². The summed E-state index contributed by atoms with van der Waals surface area (Å²) >= 11 is 0. The predicted molar refractivity (Wildman–Crippen MR) is 66.9 cm³/mol. The van der Waals surface area contributed by atoms with Crippen LogP contribution in [0.25, 0.3) is 0 Å². The van der Waals surface area contributed by atoms with E-state index in [4.69, 9.17) is 14.4 Å². The molecule has 1 aliphatic rings. The van der Waals surface area contributed by atoms with Crippen LogP contribution in [-0.4, -0.2) is 34.4 Å². The third-order valence-corrected chi connectivity index (χ3v) is 3.48. The van der Waals surface area contributed by atoms with Crippen LogP contribution in [0.4, 0.5) is 0 Å². The standard InChI is InChI=1S/C12H16BNO4/c1-11(2)12(3,4)18-13(17-11)9-7-5-6-8(14-9)10(15)16/h5-7H,1-4H3,(H,15,16). The fraction of sp³-hybridized carbons (Fsp3) is 0.500. The zero-order valence-corrected chi connectivity index (χ0v) is 10.9. The molecule has 18 heavy (non-hydrogen) atoms. The molecule has 0 saturated carbocycles. The molecule has 1 fully saturated rings. The molecule has 0 aliphatic carbocycles. The maximum Gasteiger partial charge on any atom is 0.514 e. The van der Waals surface area contributed by atoms with Crippen LogP contribution in [0.1, 0.15) is 38.2 Å². The maximum atomic E-state index is 10.9. The van der Waals surface area contributed by atoms with Crippen molar-refractivity contribution in [1.29, 1.82) is 0 Å². The van der Waals surface area contributed by atoms with Gasteiger partial charge in [-0.05, 0) is 39.8 Å². The van der Waals surface area contributed by atoms with Gasteiger partial charge in [-0.3, -0.25) is 0 Å². The highest BCUT2D eigenvalue weighted by Crippen LogP contribution is 2.36. The number of aromatic nitrogens is 1. The number of carboxylic acids is 1. The monoisotopic (exact) mass is 249 g/mol. The van der Waals surface area contributed by atoms with Gasteiger partial charge in [0.05, 0.1) is 16.8 Å². The van der Waals surface area contributed by atoms with Crippen molar-refractivity contribution >= 4 is 18.7 Å². The molecule has 1 aliphatic heterocycles. The lowest BCUT2D eigenvalue weighted by molar-refractivity contribution is 0.00578. The predicted octanol–water partition coefficient (Wildman–Crippen LogP) is 1.08. The van der Waals surface area contributed by atoms with E-state index in [1.54, 1.807) is 12.1 Å². The molecule has 0 aromatic carbocycles. The summed E-state index contributed by atoms with van der Waals surface area (Å²) in [5, 5.41) is 8.91. The number of rotatable bonds is 2. The van der Waals surface area contributed by atoms with Gasteiger partial charge >= 0.3 is 13.1 Å². The van der Waals surface area contributed by atoms with Crippen LogP contribution >= 0.6 is 0 Å². The molecule has 1 aromatic heterocycles.